The Morgan fingerprint density at radius 2 is 1.38 bits per heavy atom. The van der Waals surface area contributed by atoms with Gasteiger partial charge in [0.25, 0.3) is 6.26 Å². The van der Waals surface area contributed by atoms with Gasteiger partial charge in [0.2, 0.25) is 0 Å². The molecular weight excluding hydrogens is 230 g/mol. The van der Waals surface area contributed by atoms with E-state index in [1.807, 2.05) is 0 Å². The van der Waals surface area contributed by atoms with E-state index in [9.17, 15) is 25.2 Å². The summed E-state index contributed by atoms with van der Waals surface area (Å²) in [7, 11) is -12.6. The van der Waals surface area contributed by atoms with E-state index in [2.05, 4.69) is 4.65 Å². The quantitative estimate of drug-likeness (QED) is 0.314. The van der Waals surface area contributed by atoms with E-state index in [1.54, 1.807) is 0 Å². The zero-order valence-electron chi connectivity index (χ0n) is 6.54. The summed E-state index contributed by atoms with van der Waals surface area (Å²) in [5, 5.41) is 22.8. The fourth-order valence-corrected chi connectivity index (χ4v) is 0.0471. The molecule has 80 valence electrons. The topological polar surface area (TPSA) is 73.5 Å². The second-order valence-corrected chi connectivity index (χ2v) is 3.41. The molecule has 13 heavy (non-hydrogen) atoms. The smallest absolute Gasteiger partial charge is 0.442 e. The predicted octanol–water partition coefficient (Wildman–Crippen LogP) is 1.95. The number of nitriles is 1. The molecule has 0 aromatic carbocycles. The Morgan fingerprint density at radius 1 is 1.15 bits per heavy atom. The summed E-state index contributed by atoms with van der Waals surface area (Å²) in [4.78, 5) is 0. The Bertz CT molecular complexity index is 195. The third-order valence-corrected chi connectivity index (χ3v) is 0.158. The molecule has 0 aliphatic rings. The van der Waals surface area contributed by atoms with Crippen molar-refractivity contribution in [2.45, 2.75) is 0 Å². The number of nitrogens with zero attached hydrogens (tertiary/aromatic N) is 1. The first kappa shape index (κ1) is 14.8. The minimum absolute atomic E-state index is 0. The minimum Gasteiger partial charge on any atom is -0.442 e. The summed E-state index contributed by atoms with van der Waals surface area (Å²) in [6.07, 6.45) is 1.07. The molecule has 0 saturated heterocycles. The van der Waals surface area contributed by atoms with Gasteiger partial charge < -0.3 is 14.7 Å². The van der Waals surface area contributed by atoms with Crippen molar-refractivity contribution in [3.63, 3.8) is 0 Å². The molecule has 0 unspecified atom stereocenters. The molecule has 0 saturated carbocycles. The van der Waals surface area contributed by atoms with Crippen LogP contribution < -0.4 is 0 Å². The summed E-state index contributed by atoms with van der Waals surface area (Å²) in [5.41, 5.74) is 0. The van der Waals surface area contributed by atoms with E-state index in [-0.39, 0.29) is 1.43 Å². The van der Waals surface area contributed by atoms with E-state index >= 15 is 0 Å². The van der Waals surface area contributed by atoms with Gasteiger partial charge in [0.05, 0.1) is 0 Å². The molecule has 0 aliphatic heterocycles. The van der Waals surface area contributed by atoms with E-state index < -0.39 is 15.1 Å². The van der Waals surface area contributed by atoms with Crippen LogP contribution in [0.5, 0.6) is 0 Å². The molecule has 12 heteroatoms. The third kappa shape index (κ3) is 186. The van der Waals surface area contributed by atoms with Crippen molar-refractivity contribution in [1.29, 1.82) is 5.26 Å². The molecule has 0 amide bonds. The molecule has 0 bridgehead atoms. The zero-order chi connectivity index (χ0) is 11.4. The molecule has 0 spiro atoms. The maximum Gasteiger partial charge on any atom is 1.00 e. The normalized spacial score (nSPS) is 15.3. The van der Waals surface area contributed by atoms with Gasteiger partial charge in [-0.05, 0) is 0 Å². The van der Waals surface area contributed by atoms with Crippen LogP contribution in [-0.2, 0) is 4.65 Å². The standard InChI is InChI=1S/CH2BNO3.F6P/c3-1-6-2(4)5;1-7(2,3,4,5)6/h4-5H;/q;-1/p+1. The molecule has 0 atom stereocenters. The summed E-state index contributed by atoms with van der Waals surface area (Å²) >= 11 is 0. The molecular formula is CH3BF6NO3P. The third-order valence-electron chi connectivity index (χ3n) is 0.158. The van der Waals surface area contributed by atoms with E-state index in [1.165, 1.54) is 0 Å². The Morgan fingerprint density at radius 3 is 1.38 bits per heavy atom. The van der Waals surface area contributed by atoms with Gasteiger partial charge in [-0.15, -0.1) is 0 Å². The van der Waals surface area contributed by atoms with Gasteiger partial charge in [-0.25, -0.2) is 0 Å². The monoisotopic (exact) mass is 233 g/mol. The van der Waals surface area contributed by atoms with Crippen molar-refractivity contribution in [1.82, 2.24) is 0 Å². The molecule has 0 heterocycles. The molecule has 4 nitrogen and oxygen atoms in total. The molecule has 0 fully saturated rings. The van der Waals surface area contributed by atoms with Crippen LogP contribution >= 0.6 is 7.81 Å². The van der Waals surface area contributed by atoms with Gasteiger partial charge >= 0.3 is 41.7 Å². The van der Waals surface area contributed by atoms with Crippen molar-refractivity contribution in [3.8, 4) is 6.26 Å². The second kappa shape index (κ2) is 3.21. The van der Waals surface area contributed by atoms with Gasteiger partial charge in [-0.3, -0.25) is 0 Å². The fraction of sp³-hybridized carbons (Fsp3) is 0. The van der Waals surface area contributed by atoms with Crippen LogP contribution in [0.2, 0.25) is 0 Å². The van der Waals surface area contributed by atoms with Gasteiger partial charge in [0, 0.05) is 0 Å². The minimum atomic E-state index is -10.7. The van der Waals surface area contributed by atoms with Crippen molar-refractivity contribution in [3.05, 3.63) is 0 Å². The van der Waals surface area contributed by atoms with Crippen LogP contribution in [0.4, 0.5) is 25.2 Å². The van der Waals surface area contributed by atoms with Crippen LogP contribution in [0, 0.1) is 11.5 Å². The van der Waals surface area contributed by atoms with Gasteiger partial charge in [0.1, 0.15) is 0 Å². The average molecular weight is 233 g/mol. The van der Waals surface area contributed by atoms with Gasteiger partial charge in [0.15, 0.2) is 0 Å². The van der Waals surface area contributed by atoms with Gasteiger partial charge in [-0.1, -0.05) is 0 Å². The predicted molar refractivity (Wildman–Crippen MR) is 31.6 cm³/mol. The first-order valence-electron chi connectivity index (χ1n) is 2.19. The van der Waals surface area contributed by atoms with Crippen LogP contribution in [0.3, 0.4) is 0 Å². The number of hydrogen-bond donors (Lipinski definition) is 2. The maximum absolute atomic E-state index is 10.7. The number of rotatable bonds is 1. The first-order chi connectivity index (χ1) is 5.22. The molecule has 2 N–H and O–H groups in total. The summed E-state index contributed by atoms with van der Waals surface area (Å²) in [6.45, 7) is 0. The van der Waals surface area contributed by atoms with Crippen LogP contribution in [-0.4, -0.2) is 17.4 Å². The van der Waals surface area contributed by atoms with Crippen molar-refractivity contribution in [2.24, 2.45) is 0 Å². The largest absolute Gasteiger partial charge is 1.00 e. The molecule has 0 aliphatic carbocycles. The van der Waals surface area contributed by atoms with E-state index in [4.69, 9.17) is 15.3 Å². The number of halogens is 6. The van der Waals surface area contributed by atoms with Gasteiger partial charge in [-0.2, -0.15) is 5.26 Å². The SMILES string of the molecule is F[P-](F)(F)(F)(F)F.N#COB(O)O.[H+]. The van der Waals surface area contributed by atoms with Crippen molar-refractivity contribution < 1.29 is 41.3 Å². The van der Waals surface area contributed by atoms with Crippen LogP contribution in [0.15, 0.2) is 0 Å². The van der Waals surface area contributed by atoms with Crippen LogP contribution in [0.1, 0.15) is 1.43 Å². The average Bonchev–Trinajstić information content (AvgIpc) is 1.53. The molecule has 0 aromatic rings. The molecule has 0 radical (unpaired) electrons. The van der Waals surface area contributed by atoms with E-state index in [0.29, 0.717) is 0 Å². The summed E-state index contributed by atoms with van der Waals surface area (Å²) in [5.74, 6) is 0. The fourth-order valence-electron chi connectivity index (χ4n) is 0.0471. The first-order valence-corrected chi connectivity index (χ1v) is 4.22. The second-order valence-electron chi connectivity index (χ2n) is 1.49. The summed E-state index contributed by atoms with van der Waals surface area (Å²) in [6, 6.07) is 0. The zero-order valence-corrected chi connectivity index (χ0v) is 6.44. The Balaban J connectivity index is -0.000000163. The Kier molecular flexibility index (Phi) is 3.65. The van der Waals surface area contributed by atoms with Crippen LogP contribution in [0.25, 0.3) is 0 Å². The molecule has 0 aromatic heterocycles. The van der Waals surface area contributed by atoms with Crippen molar-refractivity contribution in [2.75, 3.05) is 0 Å². The van der Waals surface area contributed by atoms with Crippen molar-refractivity contribution >= 4 is 15.1 Å². The Labute approximate surface area is 69.2 Å². The molecule has 0 rings (SSSR count). The number of hydrogen-bond acceptors (Lipinski definition) is 4. The van der Waals surface area contributed by atoms with E-state index in [0.717, 1.165) is 6.26 Å². The maximum atomic E-state index is 9.87. The summed E-state index contributed by atoms with van der Waals surface area (Å²) < 4.78 is 62.7. The Hall–Kier alpha value is -0.715.